The van der Waals surface area contributed by atoms with Gasteiger partial charge in [-0.3, -0.25) is 14.5 Å². The highest BCUT2D eigenvalue weighted by atomic mass is 35.5. The smallest absolute Gasteiger partial charge is 0.341 e. The molecule has 0 aliphatic carbocycles. The molecule has 28 heavy (non-hydrogen) atoms. The number of nitrogens with zero attached hydrogens (tertiary/aromatic N) is 1. The van der Waals surface area contributed by atoms with E-state index in [1.54, 1.807) is 31.9 Å². The van der Waals surface area contributed by atoms with Crippen LogP contribution in [0.2, 0.25) is 5.02 Å². The maximum absolute atomic E-state index is 12.5. The lowest BCUT2D eigenvalue weighted by Gasteiger charge is -2.16. The zero-order valence-corrected chi connectivity index (χ0v) is 17.4. The first-order chi connectivity index (χ1) is 13.2. The number of likely N-dealkylation sites (N-methyl/N-ethyl adjacent to an activating group) is 1. The molecule has 0 spiro atoms. The summed E-state index contributed by atoms with van der Waals surface area (Å²) in [5.74, 6) is -1.59. The number of rotatable bonds is 8. The van der Waals surface area contributed by atoms with Crippen molar-refractivity contribution in [2.45, 2.75) is 20.4 Å². The second-order valence-electron chi connectivity index (χ2n) is 6.20. The second kappa shape index (κ2) is 9.68. The van der Waals surface area contributed by atoms with Crippen LogP contribution in [-0.2, 0) is 16.1 Å². The predicted octanol–water partition coefficient (Wildman–Crippen LogP) is 3.06. The molecule has 2 rings (SSSR count). The minimum atomic E-state index is -0.661. The van der Waals surface area contributed by atoms with Gasteiger partial charge in [-0.15, -0.1) is 11.3 Å². The number of benzene rings is 1. The number of nitrogens with one attached hydrogen (secondary N) is 1. The molecule has 2 amide bonds. The van der Waals surface area contributed by atoms with Crippen molar-refractivity contribution >= 4 is 45.7 Å². The van der Waals surface area contributed by atoms with Gasteiger partial charge in [0, 0.05) is 11.6 Å². The van der Waals surface area contributed by atoms with Crippen LogP contribution in [0.5, 0.6) is 0 Å². The second-order valence-corrected chi connectivity index (χ2v) is 7.65. The van der Waals surface area contributed by atoms with E-state index in [4.69, 9.17) is 22.1 Å². The Balaban J connectivity index is 2.13. The van der Waals surface area contributed by atoms with E-state index >= 15 is 0 Å². The zero-order valence-electron chi connectivity index (χ0n) is 15.9. The van der Waals surface area contributed by atoms with E-state index in [1.807, 2.05) is 18.2 Å². The van der Waals surface area contributed by atoms with Crippen molar-refractivity contribution in [3.63, 3.8) is 0 Å². The molecule has 1 aromatic heterocycles. The highest BCUT2D eigenvalue weighted by molar-refractivity contribution is 7.18. The van der Waals surface area contributed by atoms with Gasteiger partial charge in [0.05, 0.1) is 23.6 Å². The van der Waals surface area contributed by atoms with Gasteiger partial charge < -0.3 is 15.8 Å². The van der Waals surface area contributed by atoms with Gasteiger partial charge in [0.25, 0.3) is 5.91 Å². The van der Waals surface area contributed by atoms with Gasteiger partial charge in [-0.2, -0.15) is 0 Å². The first kappa shape index (κ1) is 21.9. The van der Waals surface area contributed by atoms with Crippen LogP contribution in [0, 0.1) is 6.92 Å². The summed E-state index contributed by atoms with van der Waals surface area (Å²) in [6.07, 6.45) is 0. The molecular formula is C19H22ClN3O4S. The lowest BCUT2D eigenvalue weighted by atomic mass is 10.1. The fourth-order valence-electron chi connectivity index (χ4n) is 2.70. The van der Waals surface area contributed by atoms with Crippen LogP contribution < -0.4 is 11.1 Å². The van der Waals surface area contributed by atoms with Crippen LogP contribution in [0.25, 0.3) is 0 Å². The summed E-state index contributed by atoms with van der Waals surface area (Å²) in [6.45, 7) is 4.06. The lowest BCUT2D eigenvalue weighted by molar-refractivity contribution is -0.117. The summed E-state index contributed by atoms with van der Waals surface area (Å²) in [6, 6.07) is 7.37. The number of amides is 2. The van der Waals surface area contributed by atoms with E-state index < -0.39 is 11.9 Å². The Kier molecular flexibility index (Phi) is 7.56. The first-order valence-corrected chi connectivity index (χ1v) is 9.75. The van der Waals surface area contributed by atoms with Gasteiger partial charge in [0.2, 0.25) is 5.91 Å². The number of carbonyl (C=O) groups excluding carboxylic acids is 3. The van der Waals surface area contributed by atoms with Gasteiger partial charge in [0.15, 0.2) is 0 Å². The number of halogens is 1. The molecule has 0 atom stereocenters. The number of thiophene rings is 1. The third kappa shape index (κ3) is 5.54. The molecule has 0 saturated carbocycles. The molecule has 2 aromatic rings. The van der Waals surface area contributed by atoms with Crippen LogP contribution >= 0.6 is 22.9 Å². The Bertz CT molecular complexity index is 897. The Labute approximate surface area is 172 Å². The maximum atomic E-state index is 12.5. The third-order valence-electron chi connectivity index (χ3n) is 3.86. The average molecular weight is 424 g/mol. The molecule has 0 aliphatic rings. The molecule has 1 heterocycles. The van der Waals surface area contributed by atoms with Gasteiger partial charge in [0.1, 0.15) is 5.00 Å². The minimum Gasteiger partial charge on any atom is -0.462 e. The number of nitrogens with two attached hydrogens (primary N) is 1. The lowest BCUT2D eigenvalue weighted by Crippen LogP contribution is -2.30. The summed E-state index contributed by atoms with van der Waals surface area (Å²) in [5.41, 5.74) is 6.90. The molecule has 3 N–H and O–H groups in total. The number of ether oxygens (including phenoxy) is 1. The van der Waals surface area contributed by atoms with E-state index in [0.29, 0.717) is 17.1 Å². The largest absolute Gasteiger partial charge is 0.462 e. The van der Waals surface area contributed by atoms with E-state index in [-0.39, 0.29) is 34.5 Å². The molecular weight excluding hydrogens is 402 g/mol. The van der Waals surface area contributed by atoms with Crippen LogP contribution in [0.1, 0.15) is 38.1 Å². The van der Waals surface area contributed by atoms with Crippen LogP contribution in [0.15, 0.2) is 24.3 Å². The van der Waals surface area contributed by atoms with Crippen molar-refractivity contribution in [3.05, 3.63) is 50.9 Å². The molecule has 0 fully saturated rings. The van der Waals surface area contributed by atoms with E-state index in [1.165, 1.54) is 0 Å². The minimum absolute atomic E-state index is 0.0810. The molecule has 1 aromatic carbocycles. The highest BCUT2D eigenvalue weighted by Gasteiger charge is 2.25. The van der Waals surface area contributed by atoms with Crippen LogP contribution in [0.4, 0.5) is 5.00 Å². The summed E-state index contributed by atoms with van der Waals surface area (Å²) >= 11 is 6.95. The Morgan fingerprint density at radius 3 is 2.64 bits per heavy atom. The number of primary amides is 1. The van der Waals surface area contributed by atoms with E-state index in [2.05, 4.69) is 5.32 Å². The topological polar surface area (TPSA) is 102 Å². The maximum Gasteiger partial charge on any atom is 0.341 e. The van der Waals surface area contributed by atoms with Crippen molar-refractivity contribution in [2.24, 2.45) is 5.73 Å². The van der Waals surface area contributed by atoms with Gasteiger partial charge >= 0.3 is 5.97 Å². The zero-order chi connectivity index (χ0) is 20.8. The molecule has 0 saturated heterocycles. The molecule has 0 unspecified atom stereocenters. The molecule has 0 radical (unpaired) electrons. The summed E-state index contributed by atoms with van der Waals surface area (Å²) in [5, 5.41) is 3.58. The fraction of sp³-hybridized carbons (Fsp3) is 0.316. The normalized spacial score (nSPS) is 10.8. The number of esters is 1. The highest BCUT2D eigenvalue weighted by Crippen LogP contribution is 2.33. The van der Waals surface area contributed by atoms with Crippen molar-refractivity contribution in [1.29, 1.82) is 0 Å². The van der Waals surface area contributed by atoms with Crippen LogP contribution in [0.3, 0.4) is 0 Å². The van der Waals surface area contributed by atoms with Crippen molar-refractivity contribution in [3.8, 4) is 0 Å². The van der Waals surface area contributed by atoms with Crippen molar-refractivity contribution in [1.82, 2.24) is 4.90 Å². The third-order valence-corrected chi connectivity index (χ3v) is 5.32. The van der Waals surface area contributed by atoms with Crippen molar-refractivity contribution in [2.75, 3.05) is 25.5 Å². The summed E-state index contributed by atoms with van der Waals surface area (Å²) in [4.78, 5) is 38.4. The van der Waals surface area contributed by atoms with E-state index in [9.17, 15) is 14.4 Å². The van der Waals surface area contributed by atoms with Gasteiger partial charge in [-0.1, -0.05) is 23.7 Å². The number of hydrogen-bond acceptors (Lipinski definition) is 6. The van der Waals surface area contributed by atoms with Gasteiger partial charge in [-0.05, 0) is 44.2 Å². The SMILES string of the molecule is CCOC(=O)c1c(NC(=O)CN(C)Cc2cccc(Cl)c2)sc(C(N)=O)c1C. The van der Waals surface area contributed by atoms with E-state index in [0.717, 1.165) is 16.9 Å². The average Bonchev–Trinajstić information content (AvgIpc) is 2.91. The fourth-order valence-corrected chi connectivity index (χ4v) is 3.98. The standard InChI is InChI=1S/C19H22ClN3O4S/c1-4-27-19(26)15-11(2)16(17(21)25)28-18(15)22-14(24)10-23(3)9-12-6-5-7-13(20)8-12/h5-8H,4,9-10H2,1-3H3,(H2,21,25)(H,22,24). The molecule has 9 heteroatoms. The quantitative estimate of drug-likeness (QED) is 0.635. The Morgan fingerprint density at radius 1 is 1.32 bits per heavy atom. The molecule has 7 nitrogen and oxygen atoms in total. The molecule has 0 aliphatic heterocycles. The number of hydrogen-bond donors (Lipinski definition) is 2. The van der Waals surface area contributed by atoms with Crippen LogP contribution in [-0.4, -0.2) is 42.9 Å². The summed E-state index contributed by atoms with van der Waals surface area (Å²) in [7, 11) is 1.79. The Morgan fingerprint density at radius 2 is 2.04 bits per heavy atom. The predicted molar refractivity (Wildman–Crippen MR) is 110 cm³/mol. The van der Waals surface area contributed by atoms with Gasteiger partial charge in [-0.25, -0.2) is 4.79 Å². The first-order valence-electron chi connectivity index (χ1n) is 8.56. The number of carbonyl (C=O) groups is 3. The number of anilines is 1. The van der Waals surface area contributed by atoms with Crippen molar-refractivity contribution < 1.29 is 19.1 Å². The Hall–Kier alpha value is -2.42. The molecule has 0 bridgehead atoms. The monoisotopic (exact) mass is 423 g/mol. The summed E-state index contributed by atoms with van der Waals surface area (Å²) < 4.78 is 5.04. The molecule has 150 valence electrons.